The second-order valence-electron chi connectivity index (χ2n) is 2.44. The molecule has 0 saturated carbocycles. The van der Waals surface area contributed by atoms with Crippen LogP contribution in [0.5, 0.6) is 0 Å². The Kier molecular flexibility index (Phi) is 5.69. The van der Waals surface area contributed by atoms with Gasteiger partial charge in [0, 0.05) is 5.56 Å². The quantitative estimate of drug-likeness (QED) is 0.628. The standard InChI is InChI=1S/C10H12O.C2H6/c1-8-6-4-5-7-10(8)9(2)11-3;1-2/h4-7H,2H2,1,3H3;1-2H3. The predicted molar refractivity (Wildman–Crippen MR) is 58.6 cm³/mol. The highest BCUT2D eigenvalue weighted by Gasteiger charge is 1.99. The zero-order valence-electron chi connectivity index (χ0n) is 8.92. The zero-order valence-corrected chi connectivity index (χ0v) is 8.92. The largest absolute Gasteiger partial charge is 0.497 e. The first-order valence-electron chi connectivity index (χ1n) is 4.54. The van der Waals surface area contributed by atoms with Crippen molar-refractivity contribution in [2.45, 2.75) is 20.8 Å². The minimum atomic E-state index is 0.725. The van der Waals surface area contributed by atoms with Crippen molar-refractivity contribution in [1.82, 2.24) is 0 Å². The summed E-state index contributed by atoms with van der Waals surface area (Å²) < 4.78 is 5.02. The molecule has 0 spiro atoms. The van der Waals surface area contributed by atoms with Gasteiger partial charge in [0.15, 0.2) is 0 Å². The first-order valence-corrected chi connectivity index (χ1v) is 4.54. The smallest absolute Gasteiger partial charge is 0.119 e. The summed E-state index contributed by atoms with van der Waals surface area (Å²) in [4.78, 5) is 0. The van der Waals surface area contributed by atoms with Crippen molar-refractivity contribution < 1.29 is 4.74 Å². The van der Waals surface area contributed by atoms with E-state index in [1.807, 2.05) is 45.0 Å². The molecule has 0 aromatic heterocycles. The van der Waals surface area contributed by atoms with Crippen molar-refractivity contribution >= 4 is 5.76 Å². The second kappa shape index (κ2) is 6.30. The van der Waals surface area contributed by atoms with Crippen LogP contribution in [0, 0.1) is 6.92 Å². The van der Waals surface area contributed by atoms with E-state index in [1.165, 1.54) is 5.56 Å². The molecular weight excluding hydrogens is 160 g/mol. The molecule has 0 atom stereocenters. The van der Waals surface area contributed by atoms with Crippen LogP contribution in [0.1, 0.15) is 25.0 Å². The highest BCUT2D eigenvalue weighted by atomic mass is 16.5. The van der Waals surface area contributed by atoms with E-state index in [-0.39, 0.29) is 0 Å². The fourth-order valence-corrected chi connectivity index (χ4v) is 0.996. The molecule has 1 nitrogen and oxygen atoms in total. The molecule has 1 aromatic carbocycles. The first-order chi connectivity index (χ1) is 6.25. The summed E-state index contributed by atoms with van der Waals surface area (Å²) in [5.74, 6) is 0.725. The highest BCUT2D eigenvalue weighted by molar-refractivity contribution is 5.60. The topological polar surface area (TPSA) is 9.23 Å². The SMILES string of the molecule is C=C(OC)c1ccccc1C.CC. The van der Waals surface area contributed by atoms with E-state index in [9.17, 15) is 0 Å². The van der Waals surface area contributed by atoms with E-state index in [0.29, 0.717) is 0 Å². The molecule has 0 aliphatic rings. The molecule has 0 saturated heterocycles. The van der Waals surface area contributed by atoms with Gasteiger partial charge >= 0.3 is 0 Å². The molecule has 1 aromatic rings. The van der Waals surface area contributed by atoms with Gasteiger partial charge in [0.25, 0.3) is 0 Å². The number of rotatable bonds is 2. The van der Waals surface area contributed by atoms with Gasteiger partial charge < -0.3 is 4.74 Å². The lowest BCUT2D eigenvalue weighted by molar-refractivity contribution is 0.371. The summed E-state index contributed by atoms with van der Waals surface area (Å²) in [7, 11) is 1.63. The molecule has 0 fully saturated rings. The summed E-state index contributed by atoms with van der Waals surface area (Å²) in [6.45, 7) is 9.82. The van der Waals surface area contributed by atoms with Gasteiger partial charge in [0.1, 0.15) is 5.76 Å². The van der Waals surface area contributed by atoms with E-state index in [0.717, 1.165) is 11.3 Å². The van der Waals surface area contributed by atoms with E-state index in [1.54, 1.807) is 7.11 Å². The Morgan fingerprint density at radius 3 is 2.23 bits per heavy atom. The molecule has 0 heterocycles. The molecule has 1 heteroatoms. The maximum atomic E-state index is 5.02. The van der Waals surface area contributed by atoms with Crippen molar-refractivity contribution in [3.05, 3.63) is 42.0 Å². The maximum Gasteiger partial charge on any atom is 0.119 e. The lowest BCUT2D eigenvalue weighted by Gasteiger charge is -2.06. The molecule has 13 heavy (non-hydrogen) atoms. The molecule has 0 N–H and O–H groups in total. The maximum absolute atomic E-state index is 5.02. The van der Waals surface area contributed by atoms with Crippen LogP contribution < -0.4 is 0 Å². The lowest BCUT2D eigenvalue weighted by atomic mass is 10.1. The average Bonchev–Trinajstić information content (AvgIpc) is 2.20. The lowest BCUT2D eigenvalue weighted by Crippen LogP contribution is -1.88. The summed E-state index contributed by atoms with van der Waals surface area (Å²) in [6, 6.07) is 8.02. The van der Waals surface area contributed by atoms with Crippen molar-refractivity contribution in [2.24, 2.45) is 0 Å². The molecule has 0 aliphatic heterocycles. The summed E-state index contributed by atoms with van der Waals surface area (Å²) >= 11 is 0. The Morgan fingerprint density at radius 2 is 1.77 bits per heavy atom. The third-order valence-electron chi connectivity index (χ3n) is 1.69. The van der Waals surface area contributed by atoms with Gasteiger partial charge in [-0.3, -0.25) is 0 Å². The van der Waals surface area contributed by atoms with Gasteiger partial charge in [-0.15, -0.1) is 0 Å². The zero-order chi connectivity index (χ0) is 10.3. The number of hydrogen-bond donors (Lipinski definition) is 0. The van der Waals surface area contributed by atoms with Crippen LogP contribution in [0.3, 0.4) is 0 Å². The highest BCUT2D eigenvalue weighted by Crippen LogP contribution is 2.16. The molecule has 0 radical (unpaired) electrons. The van der Waals surface area contributed by atoms with E-state index in [2.05, 4.69) is 6.58 Å². The van der Waals surface area contributed by atoms with Crippen LogP contribution in [0.4, 0.5) is 0 Å². The van der Waals surface area contributed by atoms with Crippen LogP contribution in [0.15, 0.2) is 30.8 Å². The van der Waals surface area contributed by atoms with Gasteiger partial charge in [0.2, 0.25) is 0 Å². The Morgan fingerprint density at radius 1 is 1.23 bits per heavy atom. The van der Waals surface area contributed by atoms with Gasteiger partial charge in [-0.05, 0) is 12.5 Å². The van der Waals surface area contributed by atoms with E-state index < -0.39 is 0 Å². The minimum absolute atomic E-state index is 0.725. The van der Waals surface area contributed by atoms with Crippen molar-refractivity contribution in [2.75, 3.05) is 7.11 Å². The molecule has 0 bridgehead atoms. The fraction of sp³-hybridized carbons (Fsp3) is 0.333. The van der Waals surface area contributed by atoms with Crippen LogP contribution >= 0.6 is 0 Å². The minimum Gasteiger partial charge on any atom is -0.497 e. The molecule has 1 rings (SSSR count). The Bertz CT molecular complexity index is 264. The molecular formula is C12H18O. The van der Waals surface area contributed by atoms with Gasteiger partial charge in [0.05, 0.1) is 7.11 Å². The van der Waals surface area contributed by atoms with Crippen LogP contribution in [0.25, 0.3) is 5.76 Å². The Labute approximate surface area is 81.1 Å². The monoisotopic (exact) mass is 178 g/mol. The molecule has 0 amide bonds. The van der Waals surface area contributed by atoms with Gasteiger partial charge in [-0.25, -0.2) is 0 Å². The van der Waals surface area contributed by atoms with E-state index >= 15 is 0 Å². The summed E-state index contributed by atoms with van der Waals surface area (Å²) in [5.41, 5.74) is 2.27. The molecule has 0 aliphatic carbocycles. The number of ether oxygens (including phenoxy) is 1. The fourth-order valence-electron chi connectivity index (χ4n) is 0.996. The van der Waals surface area contributed by atoms with Gasteiger partial charge in [-0.1, -0.05) is 44.7 Å². The van der Waals surface area contributed by atoms with Crippen molar-refractivity contribution in [1.29, 1.82) is 0 Å². The van der Waals surface area contributed by atoms with Crippen molar-refractivity contribution in [3.63, 3.8) is 0 Å². The molecule has 72 valence electrons. The van der Waals surface area contributed by atoms with Crippen LogP contribution in [-0.2, 0) is 4.74 Å². The van der Waals surface area contributed by atoms with Gasteiger partial charge in [-0.2, -0.15) is 0 Å². The van der Waals surface area contributed by atoms with Crippen molar-refractivity contribution in [3.8, 4) is 0 Å². The third-order valence-corrected chi connectivity index (χ3v) is 1.69. The third kappa shape index (κ3) is 3.32. The summed E-state index contributed by atoms with van der Waals surface area (Å²) in [5, 5.41) is 0. The Hall–Kier alpha value is -1.24. The second-order valence-corrected chi connectivity index (χ2v) is 2.44. The average molecular weight is 178 g/mol. The van der Waals surface area contributed by atoms with Crippen LogP contribution in [-0.4, -0.2) is 7.11 Å². The number of hydrogen-bond acceptors (Lipinski definition) is 1. The first kappa shape index (κ1) is 11.8. The van der Waals surface area contributed by atoms with Crippen LogP contribution in [0.2, 0.25) is 0 Å². The number of benzene rings is 1. The number of methoxy groups -OCH3 is 1. The normalized spacial score (nSPS) is 8.31. The Balaban J connectivity index is 0.000000671. The van der Waals surface area contributed by atoms with E-state index in [4.69, 9.17) is 4.74 Å². The predicted octanol–water partition coefficient (Wildman–Crippen LogP) is 3.64. The molecule has 0 unspecified atom stereocenters. The number of aryl methyl sites for hydroxylation is 1. The summed E-state index contributed by atoms with van der Waals surface area (Å²) in [6.07, 6.45) is 0.